The van der Waals surface area contributed by atoms with E-state index in [0.717, 1.165) is 18.7 Å². The van der Waals surface area contributed by atoms with Crippen LogP contribution in [0.2, 0.25) is 0 Å². The van der Waals surface area contributed by atoms with Crippen molar-refractivity contribution in [2.75, 3.05) is 0 Å². The Morgan fingerprint density at radius 2 is 2.04 bits per heavy atom. The summed E-state index contributed by atoms with van der Waals surface area (Å²) in [4.78, 5) is 9.07. The topological polar surface area (TPSA) is 37.8 Å². The molecule has 2 atom stereocenters. The monoisotopic (exact) mass is 323 g/mol. The van der Waals surface area contributed by atoms with Gasteiger partial charge in [0, 0.05) is 42.3 Å². The second-order valence-electron chi connectivity index (χ2n) is 7.89. The molecule has 3 heteroatoms. The molecule has 0 saturated heterocycles. The third-order valence-electron chi connectivity index (χ3n) is 5.67. The number of nitrogens with one attached hydrogen (secondary N) is 1. The molecule has 0 amide bonds. The molecule has 0 bridgehead atoms. The highest BCUT2D eigenvalue weighted by Gasteiger charge is 2.37. The molecule has 0 aliphatic heterocycles. The fourth-order valence-corrected chi connectivity index (χ4v) is 3.69. The molecule has 0 radical (unpaired) electrons. The summed E-state index contributed by atoms with van der Waals surface area (Å²) in [6, 6.07) is 9.09. The van der Waals surface area contributed by atoms with Gasteiger partial charge in [-0.3, -0.25) is 9.97 Å². The maximum atomic E-state index is 4.86. The van der Waals surface area contributed by atoms with Crippen molar-refractivity contribution in [3.63, 3.8) is 0 Å². The van der Waals surface area contributed by atoms with Crippen molar-refractivity contribution in [1.29, 1.82) is 0 Å². The van der Waals surface area contributed by atoms with Crippen molar-refractivity contribution in [3.8, 4) is 0 Å². The van der Waals surface area contributed by atoms with E-state index < -0.39 is 0 Å². The third kappa shape index (κ3) is 3.84. The van der Waals surface area contributed by atoms with Gasteiger partial charge in [-0.25, -0.2) is 0 Å². The van der Waals surface area contributed by atoms with Crippen LogP contribution >= 0.6 is 0 Å². The average molecular weight is 323 g/mol. The molecule has 2 heterocycles. The summed E-state index contributed by atoms with van der Waals surface area (Å²) in [5.41, 5.74) is 5.28. The van der Waals surface area contributed by atoms with E-state index in [9.17, 15) is 0 Å². The lowest BCUT2D eigenvalue weighted by atomic mass is 9.68. The minimum atomic E-state index is 0.318. The SMILES string of the molecule is Cc1ccc(C2CCC(C)(C)C(NCc3cccnc3)C2)nc1C. The molecule has 128 valence electrons. The van der Waals surface area contributed by atoms with Crippen molar-refractivity contribution in [2.45, 2.75) is 65.5 Å². The van der Waals surface area contributed by atoms with E-state index in [1.54, 1.807) is 0 Å². The molecule has 2 aromatic heterocycles. The highest BCUT2D eigenvalue weighted by Crippen LogP contribution is 2.42. The molecule has 0 aromatic carbocycles. The smallest absolute Gasteiger partial charge is 0.0438 e. The van der Waals surface area contributed by atoms with Crippen LogP contribution in [0.5, 0.6) is 0 Å². The molecular formula is C21H29N3. The standard InChI is InChI=1S/C21H29N3/c1-15-7-8-19(24-16(15)2)18-9-10-21(3,4)20(12-18)23-14-17-6-5-11-22-13-17/h5-8,11,13,18,20,23H,9-10,12,14H2,1-4H3. The minimum Gasteiger partial charge on any atom is -0.309 e. The summed E-state index contributed by atoms with van der Waals surface area (Å²) in [6.45, 7) is 9.91. The van der Waals surface area contributed by atoms with Gasteiger partial charge in [-0.05, 0) is 61.8 Å². The largest absolute Gasteiger partial charge is 0.309 e. The Labute approximate surface area is 145 Å². The van der Waals surface area contributed by atoms with E-state index in [-0.39, 0.29) is 0 Å². The van der Waals surface area contributed by atoms with Crippen molar-refractivity contribution < 1.29 is 0 Å². The average Bonchev–Trinajstić information content (AvgIpc) is 2.57. The van der Waals surface area contributed by atoms with Crippen molar-refractivity contribution in [3.05, 3.63) is 59.2 Å². The lowest BCUT2D eigenvalue weighted by molar-refractivity contribution is 0.150. The van der Waals surface area contributed by atoms with Gasteiger partial charge in [0.25, 0.3) is 0 Å². The van der Waals surface area contributed by atoms with Gasteiger partial charge in [-0.1, -0.05) is 26.0 Å². The van der Waals surface area contributed by atoms with Gasteiger partial charge in [0.15, 0.2) is 0 Å². The Balaban J connectivity index is 1.71. The summed E-state index contributed by atoms with van der Waals surface area (Å²) >= 11 is 0. The minimum absolute atomic E-state index is 0.318. The molecule has 0 spiro atoms. The number of hydrogen-bond acceptors (Lipinski definition) is 3. The molecule has 2 unspecified atom stereocenters. The summed E-state index contributed by atoms with van der Waals surface area (Å²) in [5.74, 6) is 0.559. The molecular weight excluding hydrogens is 294 g/mol. The first-order valence-electron chi connectivity index (χ1n) is 9.02. The van der Waals surface area contributed by atoms with E-state index in [0.29, 0.717) is 17.4 Å². The highest BCUT2D eigenvalue weighted by atomic mass is 14.9. The van der Waals surface area contributed by atoms with E-state index in [1.807, 2.05) is 18.5 Å². The van der Waals surface area contributed by atoms with Crippen molar-refractivity contribution in [2.24, 2.45) is 5.41 Å². The van der Waals surface area contributed by atoms with Crippen molar-refractivity contribution >= 4 is 0 Å². The van der Waals surface area contributed by atoms with Crippen LogP contribution in [0.4, 0.5) is 0 Å². The van der Waals surface area contributed by atoms with Gasteiger partial charge in [-0.2, -0.15) is 0 Å². The molecule has 1 aliphatic rings. The van der Waals surface area contributed by atoms with Crippen molar-refractivity contribution in [1.82, 2.24) is 15.3 Å². The predicted molar refractivity (Wildman–Crippen MR) is 98.9 cm³/mol. The first kappa shape index (κ1) is 17.1. The molecule has 24 heavy (non-hydrogen) atoms. The summed E-state index contributed by atoms with van der Waals surface area (Å²) in [6.07, 6.45) is 7.40. The Kier molecular flexibility index (Phi) is 5.00. The second kappa shape index (κ2) is 7.02. The fourth-order valence-electron chi connectivity index (χ4n) is 3.69. The maximum absolute atomic E-state index is 4.86. The van der Waals surface area contributed by atoms with E-state index >= 15 is 0 Å². The number of pyridine rings is 2. The maximum Gasteiger partial charge on any atom is 0.0438 e. The van der Waals surface area contributed by atoms with Crippen LogP contribution < -0.4 is 5.32 Å². The number of aryl methyl sites for hydroxylation is 2. The Morgan fingerprint density at radius 3 is 2.75 bits per heavy atom. The van der Waals surface area contributed by atoms with Gasteiger partial charge in [0.2, 0.25) is 0 Å². The number of rotatable bonds is 4. The zero-order chi connectivity index (χ0) is 17.2. The first-order valence-corrected chi connectivity index (χ1v) is 9.02. The highest BCUT2D eigenvalue weighted by molar-refractivity contribution is 5.23. The van der Waals surface area contributed by atoms with Crippen LogP contribution in [0.3, 0.4) is 0 Å². The molecule has 1 N–H and O–H groups in total. The lowest BCUT2D eigenvalue weighted by Gasteiger charge is -2.42. The normalized spacial score (nSPS) is 23.2. The molecule has 3 nitrogen and oxygen atoms in total. The number of hydrogen-bond donors (Lipinski definition) is 1. The number of nitrogens with zero attached hydrogens (tertiary/aromatic N) is 2. The summed E-state index contributed by atoms with van der Waals surface area (Å²) in [5, 5.41) is 3.79. The zero-order valence-corrected chi connectivity index (χ0v) is 15.3. The Hall–Kier alpha value is -1.74. The molecule has 2 aromatic rings. The Bertz CT molecular complexity index is 679. The van der Waals surface area contributed by atoms with Crippen LogP contribution in [-0.4, -0.2) is 16.0 Å². The van der Waals surface area contributed by atoms with Gasteiger partial charge in [0.05, 0.1) is 0 Å². The summed E-state index contributed by atoms with van der Waals surface area (Å²) in [7, 11) is 0. The molecule has 3 rings (SSSR count). The third-order valence-corrected chi connectivity index (χ3v) is 5.67. The van der Waals surface area contributed by atoms with Crippen LogP contribution in [0.1, 0.15) is 61.5 Å². The molecule has 1 fully saturated rings. The zero-order valence-electron chi connectivity index (χ0n) is 15.3. The predicted octanol–water partition coefficient (Wildman–Crippen LogP) is 4.55. The van der Waals surface area contributed by atoms with Gasteiger partial charge >= 0.3 is 0 Å². The number of aromatic nitrogens is 2. The van der Waals surface area contributed by atoms with Crippen LogP contribution in [0.15, 0.2) is 36.7 Å². The lowest BCUT2D eigenvalue weighted by Crippen LogP contribution is -2.45. The van der Waals surface area contributed by atoms with E-state index in [2.05, 4.69) is 56.2 Å². The van der Waals surface area contributed by atoms with Crippen LogP contribution in [-0.2, 0) is 6.54 Å². The van der Waals surface area contributed by atoms with Gasteiger partial charge in [0.1, 0.15) is 0 Å². The van der Waals surface area contributed by atoms with Crippen LogP contribution in [0, 0.1) is 19.3 Å². The fraction of sp³-hybridized carbons (Fsp3) is 0.524. The second-order valence-corrected chi connectivity index (χ2v) is 7.89. The summed E-state index contributed by atoms with van der Waals surface area (Å²) < 4.78 is 0. The molecule has 1 aliphatic carbocycles. The quantitative estimate of drug-likeness (QED) is 0.897. The first-order chi connectivity index (χ1) is 11.5. The Morgan fingerprint density at radius 1 is 1.21 bits per heavy atom. The molecule has 1 saturated carbocycles. The van der Waals surface area contributed by atoms with Crippen LogP contribution in [0.25, 0.3) is 0 Å². The van der Waals surface area contributed by atoms with Gasteiger partial charge in [-0.15, -0.1) is 0 Å². The van der Waals surface area contributed by atoms with E-state index in [4.69, 9.17) is 4.98 Å². The van der Waals surface area contributed by atoms with Gasteiger partial charge < -0.3 is 5.32 Å². The van der Waals surface area contributed by atoms with E-state index in [1.165, 1.54) is 29.7 Å².